The minimum atomic E-state index is -3.25. The van der Waals surface area contributed by atoms with Crippen LogP contribution in [0.3, 0.4) is 0 Å². The lowest BCUT2D eigenvalue weighted by atomic mass is 9.92. The molecule has 1 aliphatic rings. The van der Waals surface area contributed by atoms with Crippen molar-refractivity contribution in [3.63, 3.8) is 0 Å². The Bertz CT molecular complexity index is 420. The Morgan fingerprint density at radius 3 is 2.41 bits per heavy atom. The van der Waals surface area contributed by atoms with Gasteiger partial charge in [-0.05, 0) is 33.1 Å². The second-order valence-corrected chi connectivity index (χ2v) is 7.14. The lowest BCUT2D eigenvalue weighted by Crippen LogP contribution is -2.55. The number of piperidine rings is 1. The summed E-state index contributed by atoms with van der Waals surface area (Å²) in [5.74, 6) is -5.11. The van der Waals surface area contributed by atoms with Crippen LogP contribution in [-0.4, -0.2) is 48.1 Å². The molecule has 0 bridgehead atoms. The molecule has 1 unspecified atom stereocenters. The molecule has 1 N–H and O–H groups in total. The number of carbonyl (C=O) groups is 2. The van der Waals surface area contributed by atoms with Gasteiger partial charge in [-0.15, -0.1) is 0 Å². The summed E-state index contributed by atoms with van der Waals surface area (Å²) in [7, 11) is 0. The number of nitrogens with one attached hydrogen (secondary N) is 1. The Morgan fingerprint density at radius 1 is 1.36 bits per heavy atom. The van der Waals surface area contributed by atoms with Crippen molar-refractivity contribution in [1.29, 1.82) is 0 Å². The van der Waals surface area contributed by atoms with E-state index in [1.54, 1.807) is 20.8 Å². The molecule has 0 saturated carbocycles. The number of rotatable bonds is 3. The van der Waals surface area contributed by atoms with Crippen molar-refractivity contribution in [2.45, 2.75) is 52.6 Å². The van der Waals surface area contributed by atoms with Crippen LogP contribution >= 0.6 is 0 Å². The number of hydrogen-bond acceptors (Lipinski definition) is 3. The van der Waals surface area contributed by atoms with Crippen LogP contribution in [0.15, 0.2) is 0 Å². The van der Waals surface area contributed by atoms with E-state index in [0.29, 0.717) is 6.54 Å². The van der Waals surface area contributed by atoms with E-state index in [2.05, 4.69) is 5.32 Å². The Balaban J connectivity index is 2.65. The molecular weight excluding hydrogens is 294 g/mol. The van der Waals surface area contributed by atoms with Gasteiger partial charge in [-0.2, -0.15) is 0 Å². The van der Waals surface area contributed by atoms with Gasteiger partial charge < -0.3 is 15.0 Å². The number of likely N-dealkylation sites (tertiary alicyclic amines) is 1. The van der Waals surface area contributed by atoms with Crippen molar-refractivity contribution in [3.8, 4) is 0 Å². The van der Waals surface area contributed by atoms with Crippen molar-refractivity contribution in [1.82, 2.24) is 10.2 Å². The molecular formula is C15H26F2N2O3. The molecule has 0 aromatic carbocycles. The number of alkyl halides is 2. The first-order valence-electron chi connectivity index (χ1n) is 7.56. The van der Waals surface area contributed by atoms with Gasteiger partial charge in [0.1, 0.15) is 11.5 Å². The fourth-order valence-electron chi connectivity index (χ4n) is 2.17. The maximum atomic E-state index is 14.2. The summed E-state index contributed by atoms with van der Waals surface area (Å²) in [5, 5.41) is 2.54. The molecule has 0 aromatic heterocycles. The molecule has 128 valence electrons. The zero-order valence-electron chi connectivity index (χ0n) is 13.9. The standard InChI is InChI=1S/C15H26F2N2O3/c1-10(2)8-18-12(20)11-6-7-19(9-15(11,16)17)13(21)22-14(3,4)5/h10-11H,6-9H2,1-5H3,(H,18,20). The highest BCUT2D eigenvalue weighted by Gasteiger charge is 2.50. The highest BCUT2D eigenvalue weighted by atomic mass is 19.3. The van der Waals surface area contributed by atoms with E-state index >= 15 is 0 Å². The van der Waals surface area contributed by atoms with Gasteiger partial charge in [0.25, 0.3) is 5.92 Å². The van der Waals surface area contributed by atoms with Gasteiger partial charge in [-0.25, -0.2) is 13.6 Å². The van der Waals surface area contributed by atoms with Gasteiger partial charge in [0.15, 0.2) is 0 Å². The van der Waals surface area contributed by atoms with Crippen LogP contribution in [0.2, 0.25) is 0 Å². The van der Waals surface area contributed by atoms with Crippen molar-refractivity contribution in [2.24, 2.45) is 11.8 Å². The average molecular weight is 320 g/mol. The summed E-state index contributed by atoms with van der Waals surface area (Å²) in [6, 6.07) is 0. The van der Waals surface area contributed by atoms with E-state index in [1.165, 1.54) is 0 Å². The molecule has 0 aromatic rings. The Labute approximate surface area is 130 Å². The van der Waals surface area contributed by atoms with Crippen molar-refractivity contribution < 1.29 is 23.1 Å². The zero-order chi connectivity index (χ0) is 17.1. The van der Waals surface area contributed by atoms with Crippen LogP contribution in [0.5, 0.6) is 0 Å². The van der Waals surface area contributed by atoms with Gasteiger partial charge in [0, 0.05) is 13.1 Å². The topological polar surface area (TPSA) is 58.6 Å². The fraction of sp³-hybridized carbons (Fsp3) is 0.867. The fourth-order valence-corrected chi connectivity index (χ4v) is 2.17. The second-order valence-electron chi connectivity index (χ2n) is 7.14. The Morgan fingerprint density at radius 2 is 1.95 bits per heavy atom. The molecule has 0 radical (unpaired) electrons. The molecule has 1 aliphatic heterocycles. The summed E-state index contributed by atoms with van der Waals surface area (Å²) < 4.78 is 33.5. The van der Waals surface area contributed by atoms with E-state index in [9.17, 15) is 18.4 Å². The third-order valence-corrected chi connectivity index (χ3v) is 3.25. The second kappa shape index (κ2) is 6.79. The number of amides is 2. The lowest BCUT2D eigenvalue weighted by molar-refractivity contribution is -0.150. The van der Waals surface area contributed by atoms with Gasteiger partial charge in [0.2, 0.25) is 5.91 Å². The van der Waals surface area contributed by atoms with Crippen LogP contribution in [-0.2, 0) is 9.53 Å². The van der Waals surface area contributed by atoms with Gasteiger partial charge in [-0.1, -0.05) is 13.8 Å². The van der Waals surface area contributed by atoms with Crippen molar-refractivity contribution in [2.75, 3.05) is 19.6 Å². The maximum Gasteiger partial charge on any atom is 0.410 e. The minimum Gasteiger partial charge on any atom is -0.444 e. The first-order chi connectivity index (χ1) is 9.92. The number of nitrogens with zero attached hydrogens (tertiary/aromatic N) is 1. The monoisotopic (exact) mass is 320 g/mol. The Kier molecular flexibility index (Phi) is 5.76. The summed E-state index contributed by atoms with van der Waals surface area (Å²) in [6.07, 6.45) is -0.843. The number of carbonyl (C=O) groups excluding carboxylic acids is 2. The van der Waals surface area contributed by atoms with Crippen LogP contribution in [0, 0.1) is 11.8 Å². The van der Waals surface area contributed by atoms with E-state index in [-0.39, 0.29) is 18.9 Å². The highest BCUT2D eigenvalue weighted by molar-refractivity contribution is 5.80. The molecule has 1 atom stereocenters. The normalized spacial score (nSPS) is 21.6. The quantitative estimate of drug-likeness (QED) is 0.870. The molecule has 1 rings (SSSR count). The maximum absolute atomic E-state index is 14.2. The van der Waals surface area contributed by atoms with E-state index < -0.39 is 36.0 Å². The van der Waals surface area contributed by atoms with Crippen molar-refractivity contribution in [3.05, 3.63) is 0 Å². The SMILES string of the molecule is CC(C)CNC(=O)C1CCN(C(=O)OC(C)(C)C)CC1(F)F. The smallest absolute Gasteiger partial charge is 0.410 e. The average Bonchev–Trinajstić information content (AvgIpc) is 2.32. The number of ether oxygens (including phenoxy) is 1. The minimum absolute atomic E-state index is 0.0732. The van der Waals surface area contributed by atoms with E-state index in [4.69, 9.17) is 4.74 Å². The molecule has 1 heterocycles. The number of hydrogen-bond donors (Lipinski definition) is 1. The van der Waals surface area contributed by atoms with Crippen LogP contribution in [0.1, 0.15) is 41.0 Å². The molecule has 2 amide bonds. The molecule has 1 saturated heterocycles. The Hall–Kier alpha value is -1.40. The van der Waals surface area contributed by atoms with Crippen molar-refractivity contribution >= 4 is 12.0 Å². The predicted molar refractivity (Wildman–Crippen MR) is 78.7 cm³/mol. The highest BCUT2D eigenvalue weighted by Crippen LogP contribution is 2.33. The number of halogens is 2. The zero-order valence-corrected chi connectivity index (χ0v) is 13.9. The lowest BCUT2D eigenvalue weighted by Gasteiger charge is -2.38. The van der Waals surface area contributed by atoms with Gasteiger partial charge >= 0.3 is 6.09 Å². The van der Waals surface area contributed by atoms with E-state index in [1.807, 2.05) is 13.8 Å². The largest absolute Gasteiger partial charge is 0.444 e. The molecule has 7 heteroatoms. The summed E-state index contributed by atoms with van der Waals surface area (Å²) in [4.78, 5) is 24.7. The molecule has 0 aliphatic carbocycles. The molecule has 22 heavy (non-hydrogen) atoms. The first-order valence-corrected chi connectivity index (χ1v) is 7.56. The molecule has 5 nitrogen and oxygen atoms in total. The van der Waals surface area contributed by atoms with Gasteiger partial charge in [-0.3, -0.25) is 4.79 Å². The van der Waals surface area contributed by atoms with Gasteiger partial charge in [0.05, 0.1) is 6.54 Å². The van der Waals surface area contributed by atoms with E-state index in [0.717, 1.165) is 4.90 Å². The molecule has 0 spiro atoms. The molecule has 1 fully saturated rings. The third-order valence-electron chi connectivity index (χ3n) is 3.25. The van der Waals surface area contributed by atoms with Crippen LogP contribution < -0.4 is 5.32 Å². The van der Waals surface area contributed by atoms with Crippen LogP contribution in [0.25, 0.3) is 0 Å². The van der Waals surface area contributed by atoms with Crippen LogP contribution in [0.4, 0.5) is 13.6 Å². The predicted octanol–water partition coefficient (Wildman–Crippen LogP) is 2.65. The first kappa shape index (κ1) is 18.6. The third kappa shape index (κ3) is 5.42. The summed E-state index contributed by atoms with van der Waals surface area (Å²) >= 11 is 0. The summed E-state index contributed by atoms with van der Waals surface area (Å²) in [5.41, 5.74) is -0.738. The summed E-state index contributed by atoms with van der Waals surface area (Å²) in [6.45, 7) is 8.47.